The van der Waals surface area contributed by atoms with Crippen molar-refractivity contribution in [3.05, 3.63) is 185 Å². The van der Waals surface area contributed by atoms with E-state index in [-0.39, 0.29) is 41.3 Å². The first-order valence-corrected chi connectivity index (χ1v) is 18.4. The molecule has 2 fully saturated rings. The number of phenolic OH excluding ortho intramolecular Hbond substituents is 1. The third kappa shape index (κ3) is 5.12. The van der Waals surface area contributed by atoms with Crippen molar-refractivity contribution < 1.29 is 33.5 Å². The number of rotatable bonds is 6. The van der Waals surface area contributed by atoms with Crippen molar-refractivity contribution in [2.45, 2.75) is 24.2 Å². The number of carbonyl (C=O) groups is 5. The number of benzene rings is 5. The average Bonchev–Trinajstić information content (AvgIpc) is 3.49. The molecule has 270 valence electrons. The molecule has 1 saturated carbocycles. The molecule has 4 aliphatic rings. The fourth-order valence-corrected chi connectivity index (χ4v) is 9.76. The molecular weight excluding hydrogens is 694 g/mol. The van der Waals surface area contributed by atoms with Crippen LogP contribution in [0.1, 0.15) is 51.4 Å². The molecule has 1 N–H and O–H groups in total. The van der Waals surface area contributed by atoms with E-state index in [0.717, 1.165) is 6.07 Å². The van der Waals surface area contributed by atoms with Crippen LogP contribution in [0.3, 0.4) is 0 Å². The Bertz CT molecular complexity index is 2480. The van der Waals surface area contributed by atoms with Gasteiger partial charge in [0.2, 0.25) is 11.8 Å². The highest BCUT2D eigenvalue weighted by Crippen LogP contribution is 2.64. The van der Waals surface area contributed by atoms with Crippen LogP contribution in [0.2, 0.25) is 0 Å². The Morgan fingerprint density at radius 3 is 2.04 bits per heavy atom. The van der Waals surface area contributed by atoms with Gasteiger partial charge in [0.25, 0.3) is 0 Å². The zero-order chi connectivity index (χ0) is 38.0. The SMILES string of the molecule is O=C(c1ccccc1)c1ccc(N2C(=O)C3CC=C4C(CC5C(=O)C(c6ccccc6)=CC(=O)C5(c5ccccc5)C4c4cccc(F)c4O)C3C2=O)cc1. The molecule has 6 atom stereocenters. The Morgan fingerprint density at radius 1 is 0.709 bits per heavy atom. The number of phenols is 1. The molecule has 55 heavy (non-hydrogen) atoms. The lowest BCUT2D eigenvalue weighted by Gasteiger charge is -2.55. The van der Waals surface area contributed by atoms with Crippen LogP contribution in [-0.4, -0.2) is 34.3 Å². The van der Waals surface area contributed by atoms with Crippen LogP contribution >= 0.6 is 0 Å². The predicted molar refractivity (Wildman–Crippen MR) is 203 cm³/mol. The molecule has 8 heteroatoms. The lowest BCUT2D eigenvalue weighted by atomic mass is 9.44. The number of nitrogens with zero attached hydrogens (tertiary/aromatic N) is 1. The predicted octanol–water partition coefficient (Wildman–Crippen LogP) is 7.79. The van der Waals surface area contributed by atoms with Gasteiger partial charge >= 0.3 is 0 Å². The van der Waals surface area contributed by atoms with E-state index in [1.165, 1.54) is 17.0 Å². The van der Waals surface area contributed by atoms with Gasteiger partial charge in [-0.3, -0.25) is 28.9 Å². The molecule has 0 bridgehead atoms. The summed E-state index contributed by atoms with van der Waals surface area (Å²) in [5, 5.41) is 11.4. The van der Waals surface area contributed by atoms with Gasteiger partial charge in [0.1, 0.15) is 0 Å². The van der Waals surface area contributed by atoms with Crippen molar-refractivity contribution in [2.24, 2.45) is 23.7 Å². The fraction of sp³-hybridized carbons (Fsp3) is 0.170. The standard InChI is InChI=1S/C47H34FNO6/c48-38-18-10-17-34(44(38)53)41-32-23-24-33-40(46(55)49(45(33)54)31-21-19-29(20-22-31)42(51)28-13-6-2-7-14-28)36(32)25-37-43(52)35(27-11-4-1-5-12-27)26-39(50)47(37,41)30-15-8-3-9-16-30/h1-23,26,33,36-37,40-41,53H,24-25H2. The Morgan fingerprint density at radius 2 is 1.35 bits per heavy atom. The van der Waals surface area contributed by atoms with E-state index >= 15 is 14.0 Å². The maximum atomic E-state index is 15.3. The summed E-state index contributed by atoms with van der Waals surface area (Å²) in [6, 6.07) is 37.2. The average molecular weight is 728 g/mol. The topological polar surface area (TPSA) is 109 Å². The zero-order valence-corrected chi connectivity index (χ0v) is 29.5. The third-order valence-electron chi connectivity index (χ3n) is 12.1. The molecule has 5 aromatic rings. The fourth-order valence-electron chi connectivity index (χ4n) is 9.76. The van der Waals surface area contributed by atoms with E-state index < -0.39 is 58.4 Å². The van der Waals surface area contributed by atoms with E-state index in [9.17, 15) is 19.5 Å². The molecule has 1 saturated heterocycles. The second kappa shape index (κ2) is 13.1. The monoisotopic (exact) mass is 727 g/mol. The Labute approximate surface area is 316 Å². The number of para-hydroxylation sites is 1. The number of anilines is 1. The summed E-state index contributed by atoms with van der Waals surface area (Å²) < 4.78 is 15.3. The smallest absolute Gasteiger partial charge is 0.238 e. The van der Waals surface area contributed by atoms with Crippen molar-refractivity contribution in [1.29, 1.82) is 0 Å². The number of Topliss-reactive ketones (excluding diaryl/α,β-unsaturated/α-hetero) is 1. The van der Waals surface area contributed by atoms with E-state index in [2.05, 4.69) is 0 Å². The highest BCUT2D eigenvalue weighted by Gasteiger charge is 2.66. The van der Waals surface area contributed by atoms with Crippen molar-refractivity contribution in [3.63, 3.8) is 0 Å². The highest BCUT2D eigenvalue weighted by molar-refractivity contribution is 6.32. The molecule has 1 aliphatic heterocycles. The third-order valence-corrected chi connectivity index (χ3v) is 12.1. The number of allylic oxidation sites excluding steroid dienone is 4. The summed E-state index contributed by atoms with van der Waals surface area (Å²) in [5.41, 5.74) is 1.74. The molecule has 0 aromatic heterocycles. The van der Waals surface area contributed by atoms with Crippen molar-refractivity contribution in [1.82, 2.24) is 0 Å². The second-order valence-electron chi connectivity index (χ2n) is 14.7. The summed E-state index contributed by atoms with van der Waals surface area (Å²) in [7, 11) is 0. The van der Waals surface area contributed by atoms with Gasteiger partial charge in [0, 0.05) is 34.1 Å². The minimum Gasteiger partial charge on any atom is -0.505 e. The lowest BCUT2D eigenvalue weighted by molar-refractivity contribution is -0.135. The van der Waals surface area contributed by atoms with Crippen LogP contribution in [0, 0.1) is 29.5 Å². The first-order chi connectivity index (χ1) is 26.7. The van der Waals surface area contributed by atoms with Gasteiger partial charge in [-0.25, -0.2) is 4.39 Å². The Hall–Kier alpha value is -6.54. The van der Waals surface area contributed by atoms with Gasteiger partial charge in [0.15, 0.2) is 28.9 Å². The number of ketones is 3. The molecule has 9 rings (SSSR count). The quantitative estimate of drug-likeness (QED) is 0.109. The van der Waals surface area contributed by atoms with Gasteiger partial charge < -0.3 is 5.11 Å². The summed E-state index contributed by atoms with van der Waals surface area (Å²) in [4.78, 5) is 73.3. The maximum absolute atomic E-state index is 15.3. The van der Waals surface area contributed by atoms with Gasteiger partial charge in [-0.05, 0) is 66.3 Å². The molecule has 6 unspecified atom stereocenters. The van der Waals surface area contributed by atoms with Crippen LogP contribution in [0.4, 0.5) is 10.1 Å². The minimum atomic E-state index is -1.59. The summed E-state index contributed by atoms with van der Waals surface area (Å²) in [5.74, 6) is -7.63. The van der Waals surface area contributed by atoms with Gasteiger partial charge in [0.05, 0.1) is 22.9 Å². The molecule has 2 amide bonds. The van der Waals surface area contributed by atoms with Crippen molar-refractivity contribution in [2.75, 3.05) is 4.90 Å². The number of fused-ring (bicyclic) bond motifs is 4. The molecule has 7 nitrogen and oxygen atoms in total. The van der Waals surface area contributed by atoms with Crippen LogP contribution in [-0.2, 0) is 24.6 Å². The molecule has 3 aliphatic carbocycles. The van der Waals surface area contributed by atoms with Crippen LogP contribution in [0.15, 0.2) is 151 Å². The number of carbonyl (C=O) groups excluding carboxylic acids is 5. The molecule has 1 heterocycles. The van der Waals surface area contributed by atoms with E-state index in [1.807, 2.05) is 24.3 Å². The number of hydrogen-bond donors (Lipinski definition) is 1. The first-order valence-electron chi connectivity index (χ1n) is 18.4. The van der Waals surface area contributed by atoms with Gasteiger partial charge in [-0.15, -0.1) is 0 Å². The highest BCUT2D eigenvalue weighted by atomic mass is 19.1. The van der Waals surface area contributed by atoms with Crippen molar-refractivity contribution >= 4 is 40.4 Å². The summed E-state index contributed by atoms with van der Waals surface area (Å²) >= 11 is 0. The van der Waals surface area contributed by atoms with E-state index in [0.29, 0.717) is 33.5 Å². The largest absolute Gasteiger partial charge is 0.505 e. The number of aromatic hydroxyl groups is 1. The first kappa shape index (κ1) is 34.2. The second-order valence-corrected chi connectivity index (χ2v) is 14.7. The maximum Gasteiger partial charge on any atom is 0.238 e. The Kier molecular flexibility index (Phi) is 8.15. The van der Waals surface area contributed by atoms with Crippen molar-refractivity contribution in [3.8, 4) is 5.75 Å². The normalized spacial score (nSPS) is 25.8. The number of halogens is 1. The van der Waals surface area contributed by atoms with Gasteiger partial charge in [-0.2, -0.15) is 0 Å². The molecule has 0 radical (unpaired) electrons. The van der Waals surface area contributed by atoms with Crippen LogP contribution in [0.5, 0.6) is 5.75 Å². The summed E-state index contributed by atoms with van der Waals surface area (Å²) in [6.45, 7) is 0. The van der Waals surface area contributed by atoms with E-state index in [4.69, 9.17) is 0 Å². The van der Waals surface area contributed by atoms with E-state index in [1.54, 1.807) is 103 Å². The summed E-state index contributed by atoms with van der Waals surface area (Å²) in [6.07, 6.45) is 3.49. The molecule has 5 aromatic carbocycles. The molecular formula is C47H34FNO6. The zero-order valence-electron chi connectivity index (χ0n) is 29.5. The minimum absolute atomic E-state index is 0.0700. The van der Waals surface area contributed by atoms with Crippen LogP contribution < -0.4 is 4.90 Å². The van der Waals surface area contributed by atoms with Gasteiger partial charge in [-0.1, -0.05) is 115 Å². The van der Waals surface area contributed by atoms with Crippen LogP contribution in [0.25, 0.3) is 5.57 Å². The number of amides is 2. The lowest BCUT2D eigenvalue weighted by Crippen LogP contribution is -2.58. The number of imide groups is 1. The molecule has 0 spiro atoms. The Balaban J connectivity index is 1.18. The number of hydrogen-bond acceptors (Lipinski definition) is 6.